The van der Waals surface area contributed by atoms with Crippen LogP contribution in [0.25, 0.3) is 0 Å². The van der Waals surface area contributed by atoms with Crippen LogP contribution in [0.3, 0.4) is 0 Å². The lowest BCUT2D eigenvalue weighted by molar-refractivity contribution is -0.123. The topological polar surface area (TPSA) is 76.7 Å². The van der Waals surface area contributed by atoms with Crippen LogP contribution >= 0.6 is 11.6 Å². The van der Waals surface area contributed by atoms with Gasteiger partial charge in [0, 0.05) is 30.3 Å². The molecule has 0 rings (SSSR count). The molecule has 29 heavy (non-hydrogen) atoms. The Hall–Kier alpha value is -3.13. The Bertz CT molecular complexity index is 756. The zero-order chi connectivity index (χ0) is 22.2. The zero-order valence-corrected chi connectivity index (χ0v) is 16.7. The van der Waals surface area contributed by atoms with Crippen LogP contribution in [-0.4, -0.2) is 32.1 Å². The summed E-state index contributed by atoms with van der Waals surface area (Å²) in [5.74, 6) is -2.12. The summed E-state index contributed by atoms with van der Waals surface area (Å²) < 4.78 is 35.7. The second-order valence-electron chi connectivity index (χ2n) is 5.18. The Balaban J connectivity index is 4.52. The Morgan fingerprint density at radius 3 is 2.48 bits per heavy atom. The van der Waals surface area contributed by atoms with E-state index in [1.165, 1.54) is 25.3 Å². The number of halogens is 3. The first-order chi connectivity index (χ1) is 13.8. The number of methoxy groups -OCH3 is 1. The minimum Gasteiger partial charge on any atom is -0.493 e. The van der Waals surface area contributed by atoms with Gasteiger partial charge >= 0.3 is 0 Å². The average Bonchev–Trinajstić information content (AvgIpc) is 2.70. The highest BCUT2D eigenvalue weighted by Crippen LogP contribution is 2.12. The van der Waals surface area contributed by atoms with Gasteiger partial charge in [-0.25, -0.2) is 8.78 Å². The monoisotopic (exact) mass is 428 g/mol. The molecule has 0 aliphatic heterocycles. The van der Waals surface area contributed by atoms with Crippen LogP contribution in [0.1, 0.15) is 6.42 Å². The molecule has 0 heterocycles. The van der Waals surface area contributed by atoms with Crippen molar-refractivity contribution in [1.29, 1.82) is 0 Å². The smallest absolute Gasteiger partial charge is 0.262 e. The van der Waals surface area contributed by atoms with Crippen LogP contribution in [-0.2, 0) is 19.1 Å². The number of hydrogen-bond donors (Lipinski definition) is 2. The van der Waals surface area contributed by atoms with Crippen LogP contribution < -0.4 is 10.6 Å². The van der Waals surface area contributed by atoms with Crippen molar-refractivity contribution in [2.24, 2.45) is 0 Å². The number of carbonyl (C=O) groups is 2. The second-order valence-corrected chi connectivity index (χ2v) is 5.40. The fraction of sp³-hybridized carbons (Fsp3) is 0.200. The maximum absolute atomic E-state index is 13.0. The molecule has 2 amide bonds. The normalized spacial score (nSPS) is 12.7. The lowest BCUT2D eigenvalue weighted by Gasteiger charge is -2.12. The van der Waals surface area contributed by atoms with Gasteiger partial charge in [-0.1, -0.05) is 37.4 Å². The van der Waals surface area contributed by atoms with E-state index in [-0.39, 0.29) is 36.4 Å². The third kappa shape index (κ3) is 10.7. The van der Waals surface area contributed by atoms with Gasteiger partial charge in [0.25, 0.3) is 11.8 Å². The summed E-state index contributed by atoms with van der Waals surface area (Å²) in [6.45, 7) is 10.2. The zero-order valence-electron chi connectivity index (χ0n) is 16.0. The van der Waals surface area contributed by atoms with E-state index in [0.29, 0.717) is 11.2 Å². The predicted molar refractivity (Wildman–Crippen MR) is 109 cm³/mol. The summed E-state index contributed by atoms with van der Waals surface area (Å²) in [7, 11) is 1.22. The average molecular weight is 429 g/mol. The first kappa shape index (κ1) is 25.9. The van der Waals surface area contributed by atoms with Gasteiger partial charge in [0.15, 0.2) is 12.4 Å². The molecule has 0 saturated carbocycles. The molecule has 0 atom stereocenters. The fourth-order valence-corrected chi connectivity index (χ4v) is 1.86. The second kappa shape index (κ2) is 14.9. The van der Waals surface area contributed by atoms with Crippen LogP contribution in [0.5, 0.6) is 0 Å². The maximum atomic E-state index is 13.0. The van der Waals surface area contributed by atoms with Crippen molar-refractivity contribution < 1.29 is 27.8 Å². The molecule has 0 unspecified atom stereocenters. The molecule has 158 valence electrons. The molecular weight excluding hydrogens is 406 g/mol. The lowest BCUT2D eigenvalue weighted by Crippen LogP contribution is -2.31. The predicted octanol–water partition coefficient (Wildman–Crippen LogP) is 3.83. The Labute approximate surface area is 173 Å². The van der Waals surface area contributed by atoms with Crippen molar-refractivity contribution >= 4 is 23.4 Å². The number of amides is 2. The minimum absolute atomic E-state index is 0.0174. The summed E-state index contributed by atoms with van der Waals surface area (Å²) >= 11 is 5.20. The van der Waals surface area contributed by atoms with Crippen molar-refractivity contribution in [3.8, 4) is 0 Å². The summed E-state index contributed by atoms with van der Waals surface area (Å²) in [5, 5.41) is 5.01. The molecule has 0 spiro atoms. The lowest BCUT2D eigenvalue weighted by atomic mass is 10.2. The molecule has 0 aromatic heterocycles. The third-order valence-electron chi connectivity index (χ3n) is 3.10. The van der Waals surface area contributed by atoms with Gasteiger partial charge in [-0.2, -0.15) is 0 Å². The molecule has 0 aromatic carbocycles. The standard InChI is InChI=1S/C20H23ClF2N2O4/c1-5-7-17(18(12-22)28-4)20(27)24-9-8-14(3)25-19(26)13-29-16(6-2)10-15(23)11-21/h5-7,10-12H,1-3,8-9,13H2,4H3,(H,24,27)(H,25,26)/b15-11-,16-10+,17-7+,18-12-. The van der Waals surface area contributed by atoms with Gasteiger partial charge in [-0.05, 0) is 12.2 Å². The Morgan fingerprint density at radius 2 is 1.97 bits per heavy atom. The van der Waals surface area contributed by atoms with E-state index in [1.54, 1.807) is 0 Å². The summed E-state index contributed by atoms with van der Waals surface area (Å²) in [5.41, 5.74) is 0.963. The van der Waals surface area contributed by atoms with E-state index in [4.69, 9.17) is 21.1 Å². The highest BCUT2D eigenvalue weighted by molar-refractivity contribution is 6.25. The van der Waals surface area contributed by atoms with E-state index >= 15 is 0 Å². The summed E-state index contributed by atoms with van der Waals surface area (Å²) in [6.07, 6.45) is 5.16. The van der Waals surface area contributed by atoms with Gasteiger partial charge in [-0.3, -0.25) is 9.59 Å². The fourth-order valence-electron chi connectivity index (χ4n) is 1.79. The Kier molecular flexibility index (Phi) is 13.3. The van der Waals surface area contributed by atoms with Crippen LogP contribution in [0.2, 0.25) is 0 Å². The maximum Gasteiger partial charge on any atom is 0.262 e. The molecule has 0 aliphatic rings. The molecule has 0 bridgehead atoms. The van der Waals surface area contributed by atoms with Gasteiger partial charge < -0.3 is 20.1 Å². The number of rotatable bonds is 13. The Morgan fingerprint density at radius 1 is 1.28 bits per heavy atom. The first-order valence-electron chi connectivity index (χ1n) is 8.18. The van der Waals surface area contributed by atoms with Gasteiger partial charge in [0.2, 0.25) is 0 Å². The molecule has 0 saturated heterocycles. The van der Waals surface area contributed by atoms with E-state index in [9.17, 15) is 18.4 Å². The molecule has 0 radical (unpaired) electrons. The van der Waals surface area contributed by atoms with E-state index in [2.05, 4.69) is 30.4 Å². The molecule has 6 nitrogen and oxygen atoms in total. The largest absolute Gasteiger partial charge is 0.493 e. The van der Waals surface area contributed by atoms with Crippen molar-refractivity contribution in [1.82, 2.24) is 10.6 Å². The summed E-state index contributed by atoms with van der Waals surface area (Å²) in [4.78, 5) is 23.9. The van der Waals surface area contributed by atoms with Crippen LogP contribution in [0.4, 0.5) is 8.78 Å². The first-order valence-corrected chi connectivity index (χ1v) is 8.62. The highest BCUT2D eigenvalue weighted by Gasteiger charge is 2.15. The van der Waals surface area contributed by atoms with Crippen molar-refractivity contribution in [3.63, 3.8) is 0 Å². The number of ether oxygens (including phenoxy) is 2. The summed E-state index contributed by atoms with van der Waals surface area (Å²) in [6, 6.07) is 0. The molecule has 0 fully saturated rings. The molecule has 2 N–H and O–H groups in total. The number of carbonyl (C=O) groups excluding carboxylic acids is 2. The van der Waals surface area contributed by atoms with Crippen molar-refractivity contribution in [2.45, 2.75) is 6.42 Å². The van der Waals surface area contributed by atoms with Gasteiger partial charge in [-0.15, -0.1) is 0 Å². The van der Waals surface area contributed by atoms with Gasteiger partial charge in [0.05, 0.1) is 12.7 Å². The number of allylic oxidation sites excluding steroid dienone is 5. The highest BCUT2D eigenvalue weighted by atomic mass is 35.5. The van der Waals surface area contributed by atoms with Crippen LogP contribution in [0, 0.1) is 0 Å². The van der Waals surface area contributed by atoms with Crippen molar-refractivity contribution in [2.75, 3.05) is 20.3 Å². The molecule has 0 aromatic rings. The van der Waals surface area contributed by atoms with Crippen LogP contribution in [0.15, 0.2) is 84.5 Å². The third-order valence-corrected chi connectivity index (χ3v) is 3.31. The molecule has 9 heteroatoms. The van der Waals surface area contributed by atoms with E-state index < -0.39 is 24.2 Å². The quantitative estimate of drug-likeness (QED) is 0.265. The minimum atomic E-state index is -0.758. The number of nitrogens with one attached hydrogen (secondary N) is 2. The SMILES string of the molecule is C=C/C=C(C(=O)NCCC(=C)NC(=O)CO/C(C=C)=C/C(F)=C/Cl)\C(=C\F)OC. The molecular formula is C20H23ClF2N2O4. The van der Waals surface area contributed by atoms with E-state index in [0.717, 1.165) is 6.08 Å². The number of hydrogen-bond acceptors (Lipinski definition) is 4. The van der Waals surface area contributed by atoms with Crippen molar-refractivity contribution in [3.05, 3.63) is 84.5 Å². The van der Waals surface area contributed by atoms with Gasteiger partial charge in [0.1, 0.15) is 17.9 Å². The molecule has 0 aliphatic carbocycles. The van der Waals surface area contributed by atoms with E-state index in [1.807, 2.05) is 0 Å².